The van der Waals surface area contributed by atoms with Crippen LogP contribution in [0.2, 0.25) is 5.02 Å². The first kappa shape index (κ1) is 14.4. The highest BCUT2D eigenvalue weighted by molar-refractivity contribution is 7.92. The zero-order chi connectivity index (χ0) is 14.9. The summed E-state index contributed by atoms with van der Waals surface area (Å²) in [7, 11) is -4.15. The Balaban J connectivity index is 2.46. The summed E-state index contributed by atoms with van der Waals surface area (Å²) in [6.45, 7) is 1.54. The van der Waals surface area contributed by atoms with E-state index in [1.54, 1.807) is 0 Å². The molecular weight excluding hydrogens is 308 g/mol. The molecule has 0 bridgehead atoms. The van der Waals surface area contributed by atoms with E-state index in [1.165, 1.54) is 31.2 Å². The van der Waals surface area contributed by atoms with Crippen molar-refractivity contribution in [3.63, 3.8) is 0 Å². The number of benzene rings is 1. The number of aryl methyl sites for hydroxylation is 1. The molecule has 0 saturated heterocycles. The van der Waals surface area contributed by atoms with E-state index in [0.29, 0.717) is 5.69 Å². The maximum Gasteiger partial charge on any atom is 0.337 e. The van der Waals surface area contributed by atoms with Crippen molar-refractivity contribution in [1.29, 1.82) is 0 Å². The fraction of sp³-hybridized carbons (Fsp3) is 0.0909. The summed E-state index contributed by atoms with van der Waals surface area (Å²) in [6, 6.07) is 5.19. The number of sulfonamides is 1. The molecule has 2 rings (SSSR count). The van der Waals surface area contributed by atoms with E-state index >= 15 is 0 Å². The van der Waals surface area contributed by atoms with Crippen LogP contribution in [0, 0.1) is 6.92 Å². The Morgan fingerprint density at radius 1 is 1.40 bits per heavy atom. The van der Waals surface area contributed by atoms with Crippen molar-refractivity contribution >= 4 is 33.5 Å². The van der Waals surface area contributed by atoms with Crippen molar-refractivity contribution in [1.82, 2.24) is 5.16 Å². The molecule has 0 atom stereocenters. The van der Waals surface area contributed by atoms with Gasteiger partial charge in [-0.2, -0.15) is 0 Å². The average molecular weight is 317 g/mol. The number of aromatic carboxylic acids is 1. The summed E-state index contributed by atoms with van der Waals surface area (Å²) in [5, 5.41) is 12.5. The lowest BCUT2D eigenvalue weighted by atomic mass is 10.2. The van der Waals surface area contributed by atoms with E-state index in [9.17, 15) is 13.2 Å². The van der Waals surface area contributed by atoms with Crippen molar-refractivity contribution in [3.05, 3.63) is 40.5 Å². The van der Waals surface area contributed by atoms with E-state index in [-0.39, 0.29) is 16.5 Å². The summed E-state index contributed by atoms with van der Waals surface area (Å²) in [5.74, 6) is -1.62. The fourth-order valence-corrected chi connectivity index (χ4v) is 2.84. The monoisotopic (exact) mass is 316 g/mol. The SMILES string of the molecule is Cc1noc(NS(=O)(=O)c2ccccc2C(=O)O)c1Cl. The molecule has 0 aliphatic carbocycles. The Morgan fingerprint density at radius 3 is 2.60 bits per heavy atom. The first-order valence-electron chi connectivity index (χ1n) is 5.30. The Morgan fingerprint density at radius 2 is 2.05 bits per heavy atom. The molecule has 0 radical (unpaired) electrons. The average Bonchev–Trinajstić information content (AvgIpc) is 2.70. The summed E-state index contributed by atoms with van der Waals surface area (Å²) in [5.41, 5.74) is -0.0387. The van der Waals surface area contributed by atoms with Gasteiger partial charge in [0, 0.05) is 0 Å². The van der Waals surface area contributed by atoms with E-state index < -0.39 is 20.9 Å². The minimum atomic E-state index is -4.15. The van der Waals surface area contributed by atoms with E-state index in [4.69, 9.17) is 21.2 Å². The van der Waals surface area contributed by atoms with Crippen molar-refractivity contribution in [2.75, 3.05) is 4.72 Å². The first-order valence-corrected chi connectivity index (χ1v) is 7.16. The van der Waals surface area contributed by atoms with Gasteiger partial charge in [-0.15, -0.1) is 0 Å². The summed E-state index contributed by atoms with van der Waals surface area (Å²) >= 11 is 5.81. The molecule has 7 nitrogen and oxygen atoms in total. The van der Waals surface area contributed by atoms with Crippen LogP contribution in [0.1, 0.15) is 16.1 Å². The van der Waals surface area contributed by atoms with Crippen LogP contribution in [0.3, 0.4) is 0 Å². The van der Waals surface area contributed by atoms with Gasteiger partial charge in [-0.3, -0.25) is 0 Å². The van der Waals surface area contributed by atoms with Gasteiger partial charge in [0.1, 0.15) is 15.6 Å². The Bertz CT molecular complexity index is 769. The van der Waals surface area contributed by atoms with Crippen LogP contribution >= 0.6 is 11.6 Å². The van der Waals surface area contributed by atoms with Crippen LogP contribution in [0.15, 0.2) is 33.7 Å². The molecule has 0 amide bonds. The smallest absolute Gasteiger partial charge is 0.337 e. The Kier molecular flexibility index (Phi) is 3.69. The number of carboxylic acid groups (broad SMARTS) is 1. The van der Waals surface area contributed by atoms with Gasteiger partial charge in [0.15, 0.2) is 0 Å². The van der Waals surface area contributed by atoms with Gasteiger partial charge in [0.05, 0.1) is 5.56 Å². The van der Waals surface area contributed by atoms with Gasteiger partial charge < -0.3 is 9.63 Å². The largest absolute Gasteiger partial charge is 0.478 e. The van der Waals surface area contributed by atoms with Crippen LogP contribution in [-0.4, -0.2) is 24.7 Å². The molecule has 0 aliphatic rings. The Labute approximate surface area is 119 Å². The number of carbonyl (C=O) groups is 1. The second kappa shape index (κ2) is 5.14. The van der Waals surface area contributed by atoms with Gasteiger partial charge >= 0.3 is 5.97 Å². The highest BCUT2D eigenvalue weighted by atomic mass is 35.5. The molecule has 2 N–H and O–H groups in total. The second-order valence-corrected chi connectivity index (χ2v) is 5.85. The van der Waals surface area contributed by atoms with E-state index in [1.807, 2.05) is 0 Å². The van der Waals surface area contributed by atoms with Crippen LogP contribution in [0.25, 0.3) is 0 Å². The third-order valence-corrected chi connectivity index (χ3v) is 4.26. The number of nitrogens with one attached hydrogen (secondary N) is 1. The maximum atomic E-state index is 12.2. The topological polar surface area (TPSA) is 110 Å². The third-order valence-electron chi connectivity index (χ3n) is 2.42. The fourth-order valence-electron chi connectivity index (χ4n) is 1.48. The lowest BCUT2D eigenvalue weighted by molar-refractivity contribution is 0.0692. The van der Waals surface area contributed by atoms with E-state index in [2.05, 4.69) is 9.88 Å². The van der Waals surface area contributed by atoms with Crippen LogP contribution in [-0.2, 0) is 10.0 Å². The summed E-state index contributed by atoms with van der Waals surface area (Å²) < 4.78 is 31.1. The Hall–Kier alpha value is -2.06. The van der Waals surface area contributed by atoms with Gasteiger partial charge in [-0.1, -0.05) is 28.9 Å². The molecule has 1 heterocycles. The molecule has 0 aliphatic heterocycles. The third kappa shape index (κ3) is 2.61. The molecule has 0 fully saturated rings. The highest BCUT2D eigenvalue weighted by Crippen LogP contribution is 2.28. The molecule has 0 saturated carbocycles. The molecule has 1 aromatic heterocycles. The standard InChI is InChI=1S/C11H9ClN2O5S/c1-6-9(12)10(19-13-6)14-20(17,18)8-5-3-2-4-7(8)11(15)16/h2-5,14H,1H3,(H,15,16). The molecule has 106 valence electrons. The number of halogens is 1. The van der Waals surface area contributed by atoms with Crippen LogP contribution in [0.4, 0.5) is 5.88 Å². The number of anilines is 1. The molecule has 9 heteroatoms. The number of hydrogen-bond acceptors (Lipinski definition) is 5. The lowest BCUT2D eigenvalue weighted by Crippen LogP contribution is -2.16. The quantitative estimate of drug-likeness (QED) is 0.894. The van der Waals surface area contributed by atoms with Crippen molar-refractivity contribution in [3.8, 4) is 0 Å². The zero-order valence-electron chi connectivity index (χ0n) is 10.1. The first-order chi connectivity index (χ1) is 9.33. The van der Waals surface area contributed by atoms with Crippen molar-refractivity contribution < 1.29 is 22.8 Å². The molecule has 2 aromatic rings. The molecule has 0 spiro atoms. The van der Waals surface area contributed by atoms with Crippen molar-refractivity contribution in [2.45, 2.75) is 11.8 Å². The normalized spacial score (nSPS) is 11.3. The predicted octanol–water partition coefficient (Wildman–Crippen LogP) is 2.14. The van der Waals surface area contributed by atoms with Gasteiger partial charge in [-0.25, -0.2) is 17.9 Å². The molecular formula is C11H9ClN2O5S. The maximum absolute atomic E-state index is 12.2. The lowest BCUT2D eigenvalue weighted by Gasteiger charge is -2.07. The highest BCUT2D eigenvalue weighted by Gasteiger charge is 2.24. The number of aromatic nitrogens is 1. The number of hydrogen-bond donors (Lipinski definition) is 2. The van der Waals surface area contributed by atoms with E-state index in [0.717, 1.165) is 0 Å². The molecule has 20 heavy (non-hydrogen) atoms. The zero-order valence-corrected chi connectivity index (χ0v) is 11.7. The predicted molar refractivity (Wildman–Crippen MR) is 70.5 cm³/mol. The number of rotatable bonds is 4. The summed E-state index contributed by atoms with van der Waals surface area (Å²) in [4.78, 5) is 10.6. The minimum absolute atomic E-state index is 0.0152. The molecule has 0 unspecified atom stereocenters. The van der Waals surface area contributed by atoms with Gasteiger partial charge in [0.2, 0.25) is 0 Å². The minimum Gasteiger partial charge on any atom is -0.478 e. The van der Waals surface area contributed by atoms with Gasteiger partial charge in [0.25, 0.3) is 15.9 Å². The second-order valence-electron chi connectivity index (χ2n) is 3.82. The number of nitrogens with zero attached hydrogens (tertiary/aromatic N) is 1. The van der Waals surface area contributed by atoms with Gasteiger partial charge in [-0.05, 0) is 19.1 Å². The van der Waals surface area contributed by atoms with Crippen LogP contribution < -0.4 is 4.72 Å². The van der Waals surface area contributed by atoms with Crippen molar-refractivity contribution in [2.24, 2.45) is 0 Å². The summed E-state index contributed by atoms with van der Waals surface area (Å²) in [6.07, 6.45) is 0. The number of carboxylic acids is 1. The van der Waals surface area contributed by atoms with Crippen LogP contribution in [0.5, 0.6) is 0 Å². The molecule has 1 aromatic carbocycles.